The predicted octanol–water partition coefficient (Wildman–Crippen LogP) is 3.22. The van der Waals surface area contributed by atoms with Crippen LogP contribution in [0.2, 0.25) is 0 Å². The molecule has 1 fully saturated rings. The highest BCUT2D eigenvalue weighted by Gasteiger charge is 2.16. The number of ether oxygens (including phenoxy) is 1. The molecule has 0 aromatic carbocycles. The SMILES string of the molecule is COc1cc(NC2CCCSC2)nc(-c2nc(C)cs2)n1. The molecule has 0 aliphatic carbocycles. The van der Waals surface area contributed by atoms with Crippen LogP contribution in [0.4, 0.5) is 5.82 Å². The van der Waals surface area contributed by atoms with E-state index in [0.29, 0.717) is 17.7 Å². The summed E-state index contributed by atoms with van der Waals surface area (Å²) >= 11 is 3.54. The lowest BCUT2D eigenvalue weighted by molar-refractivity contribution is 0.397. The van der Waals surface area contributed by atoms with Gasteiger partial charge in [0.15, 0.2) is 10.8 Å². The summed E-state index contributed by atoms with van der Waals surface area (Å²) in [5.74, 6) is 4.39. The predicted molar refractivity (Wildman–Crippen MR) is 88.4 cm³/mol. The Morgan fingerprint density at radius 1 is 1.33 bits per heavy atom. The zero-order valence-electron chi connectivity index (χ0n) is 12.1. The van der Waals surface area contributed by atoms with E-state index in [1.807, 2.05) is 30.1 Å². The van der Waals surface area contributed by atoms with Gasteiger partial charge in [-0.05, 0) is 25.5 Å². The van der Waals surface area contributed by atoms with E-state index in [0.717, 1.165) is 22.3 Å². The van der Waals surface area contributed by atoms with E-state index in [2.05, 4.69) is 20.3 Å². The Bertz CT molecular complexity index is 611. The third-order valence-corrected chi connectivity index (χ3v) is 5.41. The summed E-state index contributed by atoms with van der Waals surface area (Å²) in [4.78, 5) is 13.4. The van der Waals surface area contributed by atoms with Crippen molar-refractivity contribution in [1.82, 2.24) is 15.0 Å². The molecule has 1 N–H and O–H groups in total. The van der Waals surface area contributed by atoms with E-state index in [1.54, 1.807) is 18.4 Å². The number of nitrogens with one attached hydrogen (secondary N) is 1. The molecule has 1 aliphatic heterocycles. The maximum atomic E-state index is 5.29. The second-order valence-corrected chi connectivity index (χ2v) is 6.98. The normalized spacial score (nSPS) is 18.5. The van der Waals surface area contributed by atoms with Crippen LogP contribution < -0.4 is 10.1 Å². The Hall–Kier alpha value is -1.34. The number of rotatable bonds is 4. The maximum Gasteiger partial charge on any atom is 0.218 e. The van der Waals surface area contributed by atoms with Crippen LogP contribution in [0, 0.1) is 6.92 Å². The second-order valence-electron chi connectivity index (χ2n) is 4.97. The van der Waals surface area contributed by atoms with Gasteiger partial charge in [-0.15, -0.1) is 11.3 Å². The molecule has 5 nitrogen and oxygen atoms in total. The van der Waals surface area contributed by atoms with Crippen molar-refractivity contribution in [3.05, 3.63) is 17.1 Å². The van der Waals surface area contributed by atoms with E-state index in [1.165, 1.54) is 18.6 Å². The number of thioether (sulfide) groups is 1. The molecule has 0 saturated carbocycles. The van der Waals surface area contributed by atoms with E-state index in [-0.39, 0.29) is 0 Å². The molecule has 21 heavy (non-hydrogen) atoms. The molecule has 1 atom stereocenters. The minimum atomic E-state index is 0.467. The number of thiazole rings is 1. The highest BCUT2D eigenvalue weighted by Crippen LogP contribution is 2.26. The lowest BCUT2D eigenvalue weighted by Crippen LogP contribution is -2.26. The summed E-state index contributed by atoms with van der Waals surface area (Å²) < 4.78 is 5.29. The summed E-state index contributed by atoms with van der Waals surface area (Å²) in [6, 6.07) is 2.32. The molecule has 112 valence electrons. The molecule has 7 heteroatoms. The van der Waals surface area contributed by atoms with Gasteiger partial charge in [-0.3, -0.25) is 0 Å². The molecule has 3 rings (SSSR count). The van der Waals surface area contributed by atoms with E-state index < -0.39 is 0 Å². The first-order chi connectivity index (χ1) is 10.2. The van der Waals surface area contributed by atoms with Crippen LogP contribution in [0.5, 0.6) is 5.88 Å². The van der Waals surface area contributed by atoms with Crippen molar-refractivity contribution in [1.29, 1.82) is 0 Å². The zero-order valence-corrected chi connectivity index (χ0v) is 13.8. The van der Waals surface area contributed by atoms with Gasteiger partial charge in [-0.2, -0.15) is 16.7 Å². The Labute approximate surface area is 132 Å². The quantitative estimate of drug-likeness (QED) is 0.932. The number of hydrogen-bond acceptors (Lipinski definition) is 7. The van der Waals surface area contributed by atoms with Gasteiger partial charge >= 0.3 is 0 Å². The number of nitrogens with zero attached hydrogens (tertiary/aromatic N) is 3. The average molecular weight is 322 g/mol. The third kappa shape index (κ3) is 3.65. The average Bonchev–Trinajstić information content (AvgIpc) is 2.94. The molecule has 1 unspecified atom stereocenters. The summed E-state index contributed by atoms with van der Waals surface area (Å²) in [7, 11) is 1.62. The van der Waals surface area contributed by atoms with Gasteiger partial charge in [0.05, 0.1) is 7.11 Å². The topological polar surface area (TPSA) is 59.9 Å². The zero-order chi connectivity index (χ0) is 14.7. The molecule has 0 bridgehead atoms. The fourth-order valence-electron chi connectivity index (χ4n) is 2.22. The Kier molecular flexibility index (Phi) is 4.60. The standard InChI is InChI=1S/C14H18N4OS2/c1-9-7-21-14(15-9)13-17-11(6-12(18-13)19-2)16-10-4-3-5-20-8-10/h6-7,10H,3-5,8H2,1-2H3,(H,16,17,18). The highest BCUT2D eigenvalue weighted by molar-refractivity contribution is 7.99. The lowest BCUT2D eigenvalue weighted by Gasteiger charge is -2.23. The molecule has 3 heterocycles. The summed E-state index contributed by atoms with van der Waals surface area (Å²) in [6.45, 7) is 1.97. The molecular formula is C14H18N4OS2. The number of hydrogen-bond donors (Lipinski definition) is 1. The summed E-state index contributed by atoms with van der Waals surface area (Å²) in [5, 5.41) is 6.33. The first-order valence-electron chi connectivity index (χ1n) is 6.94. The highest BCUT2D eigenvalue weighted by atomic mass is 32.2. The first kappa shape index (κ1) is 14.6. The number of methoxy groups -OCH3 is 1. The second kappa shape index (κ2) is 6.62. The largest absolute Gasteiger partial charge is 0.481 e. The van der Waals surface area contributed by atoms with Gasteiger partial charge in [-0.25, -0.2) is 9.97 Å². The fourth-order valence-corrected chi connectivity index (χ4v) is 4.02. The molecule has 1 saturated heterocycles. The molecular weight excluding hydrogens is 304 g/mol. The fraction of sp³-hybridized carbons (Fsp3) is 0.500. The van der Waals surface area contributed by atoms with Crippen molar-refractivity contribution in [3.63, 3.8) is 0 Å². The molecule has 2 aromatic rings. The molecule has 2 aromatic heterocycles. The van der Waals surface area contributed by atoms with Gasteiger partial charge < -0.3 is 10.1 Å². The van der Waals surface area contributed by atoms with Crippen LogP contribution in [-0.4, -0.2) is 39.6 Å². The molecule has 0 spiro atoms. The Morgan fingerprint density at radius 3 is 2.90 bits per heavy atom. The number of aryl methyl sites for hydroxylation is 1. The lowest BCUT2D eigenvalue weighted by atomic mass is 10.2. The van der Waals surface area contributed by atoms with Crippen LogP contribution in [0.3, 0.4) is 0 Å². The smallest absolute Gasteiger partial charge is 0.218 e. The van der Waals surface area contributed by atoms with Crippen LogP contribution in [0.1, 0.15) is 18.5 Å². The Balaban J connectivity index is 1.85. The molecule has 0 amide bonds. The first-order valence-corrected chi connectivity index (χ1v) is 8.98. The van der Waals surface area contributed by atoms with Crippen molar-refractivity contribution in [3.8, 4) is 16.7 Å². The minimum Gasteiger partial charge on any atom is -0.481 e. The molecule has 1 aliphatic rings. The van der Waals surface area contributed by atoms with Crippen LogP contribution >= 0.6 is 23.1 Å². The minimum absolute atomic E-state index is 0.467. The van der Waals surface area contributed by atoms with Crippen LogP contribution in [0.25, 0.3) is 10.8 Å². The number of anilines is 1. The van der Waals surface area contributed by atoms with E-state index in [9.17, 15) is 0 Å². The van der Waals surface area contributed by atoms with Crippen molar-refractivity contribution in [2.45, 2.75) is 25.8 Å². The van der Waals surface area contributed by atoms with Gasteiger partial charge in [0.1, 0.15) is 5.82 Å². The van der Waals surface area contributed by atoms with Gasteiger partial charge in [0.2, 0.25) is 5.88 Å². The van der Waals surface area contributed by atoms with Crippen molar-refractivity contribution in [2.24, 2.45) is 0 Å². The Morgan fingerprint density at radius 2 is 2.24 bits per heavy atom. The van der Waals surface area contributed by atoms with Crippen LogP contribution in [-0.2, 0) is 0 Å². The van der Waals surface area contributed by atoms with Gasteiger partial charge in [0, 0.05) is 28.9 Å². The van der Waals surface area contributed by atoms with Crippen molar-refractivity contribution >= 4 is 28.9 Å². The summed E-state index contributed by atoms with van der Waals surface area (Å²) in [5.41, 5.74) is 0.986. The van der Waals surface area contributed by atoms with Gasteiger partial charge in [-0.1, -0.05) is 0 Å². The van der Waals surface area contributed by atoms with Gasteiger partial charge in [0.25, 0.3) is 0 Å². The van der Waals surface area contributed by atoms with E-state index in [4.69, 9.17) is 4.74 Å². The van der Waals surface area contributed by atoms with E-state index >= 15 is 0 Å². The maximum absolute atomic E-state index is 5.29. The monoisotopic (exact) mass is 322 g/mol. The van der Waals surface area contributed by atoms with Crippen molar-refractivity contribution < 1.29 is 4.74 Å². The summed E-state index contributed by atoms with van der Waals surface area (Å²) in [6.07, 6.45) is 2.44. The van der Waals surface area contributed by atoms with Crippen LogP contribution in [0.15, 0.2) is 11.4 Å². The molecule has 0 radical (unpaired) electrons. The number of aromatic nitrogens is 3. The third-order valence-electron chi connectivity index (χ3n) is 3.23. The van der Waals surface area contributed by atoms with Crippen molar-refractivity contribution in [2.75, 3.05) is 23.9 Å².